The second-order valence-electron chi connectivity index (χ2n) is 5.67. The molecular formula is C19H17ClN2O4. The Bertz CT molecular complexity index is 923. The fraction of sp³-hybridized carbons (Fsp3) is 0.211. The monoisotopic (exact) mass is 372 g/mol. The Morgan fingerprint density at radius 1 is 1.19 bits per heavy atom. The van der Waals surface area contributed by atoms with Crippen LogP contribution in [0.5, 0.6) is 5.75 Å². The molecule has 6 nitrogen and oxygen atoms in total. The van der Waals surface area contributed by atoms with Crippen LogP contribution in [0.15, 0.2) is 47.0 Å². The number of ether oxygens (including phenoxy) is 2. The van der Waals surface area contributed by atoms with E-state index in [9.17, 15) is 4.79 Å². The normalized spacial score (nSPS) is 10.6. The number of hydrogen-bond donors (Lipinski definition) is 0. The third kappa shape index (κ3) is 4.40. The topological polar surface area (TPSA) is 74.5 Å². The summed E-state index contributed by atoms with van der Waals surface area (Å²) in [7, 11) is 0. The summed E-state index contributed by atoms with van der Waals surface area (Å²) >= 11 is 5.94. The average Bonchev–Trinajstić information content (AvgIpc) is 3.10. The van der Waals surface area contributed by atoms with E-state index in [2.05, 4.69) is 10.1 Å². The van der Waals surface area contributed by atoms with E-state index in [-0.39, 0.29) is 19.1 Å². The number of esters is 1. The van der Waals surface area contributed by atoms with Crippen molar-refractivity contribution in [3.8, 4) is 17.1 Å². The van der Waals surface area contributed by atoms with Gasteiger partial charge in [0.15, 0.2) is 13.2 Å². The van der Waals surface area contributed by atoms with E-state index in [0.717, 1.165) is 16.7 Å². The number of nitrogens with zero attached hydrogens (tertiary/aromatic N) is 2. The number of benzene rings is 2. The van der Waals surface area contributed by atoms with Crippen LogP contribution in [0.1, 0.15) is 17.0 Å². The highest BCUT2D eigenvalue weighted by molar-refractivity contribution is 6.30. The van der Waals surface area contributed by atoms with Crippen LogP contribution < -0.4 is 4.74 Å². The molecule has 1 aromatic heterocycles. The minimum Gasteiger partial charge on any atom is -0.482 e. The van der Waals surface area contributed by atoms with Crippen molar-refractivity contribution in [3.05, 3.63) is 64.5 Å². The molecule has 0 spiro atoms. The molecule has 0 aliphatic carbocycles. The lowest BCUT2D eigenvalue weighted by molar-refractivity contribution is -0.148. The molecule has 7 heteroatoms. The van der Waals surface area contributed by atoms with Crippen LogP contribution in [-0.4, -0.2) is 22.7 Å². The van der Waals surface area contributed by atoms with Crippen molar-refractivity contribution < 1.29 is 18.8 Å². The first-order valence-corrected chi connectivity index (χ1v) is 8.34. The van der Waals surface area contributed by atoms with Gasteiger partial charge in [-0.05, 0) is 43.2 Å². The maximum Gasteiger partial charge on any atom is 0.344 e. The molecule has 0 aliphatic heterocycles. The number of halogens is 1. The van der Waals surface area contributed by atoms with Crippen LogP contribution in [0, 0.1) is 13.8 Å². The second-order valence-corrected chi connectivity index (χ2v) is 6.11. The highest BCUT2D eigenvalue weighted by Gasteiger charge is 2.12. The maximum atomic E-state index is 11.9. The van der Waals surface area contributed by atoms with Gasteiger partial charge in [0.2, 0.25) is 5.82 Å². The van der Waals surface area contributed by atoms with Gasteiger partial charge in [-0.3, -0.25) is 0 Å². The fourth-order valence-corrected chi connectivity index (χ4v) is 2.45. The molecule has 0 saturated heterocycles. The highest BCUT2D eigenvalue weighted by atomic mass is 35.5. The minimum absolute atomic E-state index is 0.122. The number of rotatable bonds is 6. The molecule has 0 aliphatic rings. The lowest BCUT2D eigenvalue weighted by atomic mass is 10.1. The van der Waals surface area contributed by atoms with Crippen LogP contribution in [0.4, 0.5) is 0 Å². The zero-order chi connectivity index (χ0) is 18.5. The van der Waals surface area contributed by atoms with Gasteiger partial charge in [0.25, 0.3) is 5.89 Å². The minimum atomic E-state index is -0.520. The molecule has 0 atom stereocenters. The molecule has 0 amide bonds. The van der Waals surface area contributed by atoms with Crippen molar-refractivity contribution in [1.29, 1.82) is 0 Å². The molecule has 26 heavy (non-hydrogen) atoms. The van der Waals surface area contributed by atoms with Gasteiger partial charge in [-0.25, -0.2) is 4.79 Å². The summed E-state index contributed by atoms with van der Waals surface area (Å²) in [5.41, 5.74) is 2.80. The van der Waals surface area contributed by atoms with E-state index in [1.165, 1.54) is 0 Å². The predicted octanol–water partition coefficient (Wildman–Crippen LogP) is 4.13. The molecule has 0 saturated carbocycles. The molecule has 0 radical (unpaired) electrons. The quantitative estimate of drug-likeness (QED) is 0.606. The summed E-state index contributed by atoms with van der Waals surface area (Å²) < 4.78 is 15.7. The highest BCUT2D eigenvalue weighted by Crippen LogP contribution is 2.21. The summed E-state index contributed by atoms with van der Waals surface area (Å²) in [5.74, 6) is 0.710. The smallest absolute Gasteiger partial charge is 0.344 e. The summed E-state index contributed by atoms with van der Waals surface area (Å²) in [6, 6.07) is 12.7. The third-order valence-corrected chi connectivity index (χ3v) is 4.04. The Hall–Kier alpha value is -2.86. The zero-order valence-corrected chi connectivity index (χ0v) is 15.1. The van der Waals surface area contributed by atoms with E-state index in [0.29, 0.717) is 16.6 Å². The van der Waals surface area contributed by atoms with Crippen molar-refractivity contribution >= 4 is 17.6 Å². The standard InChI is InChI=1S/C19H17ClN2O4/c1-12-5-3-8-16(13(12)2)24-11-18(23)25-10-17-21-19(22-26-17)14-6-4-7-15(20)9-14/h3-9H,10-11H2,1-2H3. The predicted molar refractivity (Wildman–Crippen MR) is 96.0 cm³/mol. The van der Waals surface area contributed by atoms with E-state index in [1.807, 2.05) is 38.1 Å². The van der Waals surface area contributed by atoms with Gasteiger partial charge in [-0.1, -0.05) is 41.0 Å². The molecule has 134 valence electrons. The summed E-state index contributed by atoms with van der Waals surface area (Å²) in [6.45, 7) is 3.60. The molecule has 0 bridgehead atoms. The van der Waals surface area contributed by atoms with Crippen molar-refractivity contribution in [2.75, 3.05) is 6.61 Å². The van der Waals surface area contributed by atoms with Gasteiger partial charge >= 0.3 is 5.97 Å². The Labute approximate surface area is 155 Å². The molecule has 3 aromatic rings. The first-order chi connectivity index (χ1) is 12.5. The number of aryl methyl sites for hydroxylation is 1. The van der Waals surface area contributed by atoms with E-state index in [1.54, 1.807) is 18.2 Å². The second kappa shape index (κ2) is 8.01. The Balaban J connectivity index is 1.53. The SMILES string of the molecule is Cc1cccc(OCC(=O)OCc2nc(-c3cccc(Cl)c3)no2)c1C. The van der Waals surface area contributed by atoms with E-state index >= 15 is 0 Å². The van der Waals surface area contributed by atoms with Gasteiger partial charge in [-0.15, -0.1) is 0 Å². The lowest BCUT2D eigenvalue weighted by Gasteiger charge is -2.10. The Kier molecular flexibility index (Phi) is 5.53. The first-order valence-electron chi connectivity index (χ1n) is 7.96. The fourth-order valence-electron chi connectivity index (χ4n) is 2.26. The Morgan fingerprint density at radius 3 is 2.81 bits per heavy atom. The number of aromatic nitrogens is 2. The van der Waals surface area contributed by atoms with E-state index in [4.69, 9.17) is 25.6 Å². The van der Waals surface area contributed by atoms with Crippen molar-refractivity contribution in [2.24, 2.45) is 0 Å². The van der Waals surface area contributed by atoms with Crippen molar-refractivity contribution in [2.45, 2.75) is 20.5 Å². The van der Waals surface area contributed by atoms with Gasteiger partial charge in [0.1, 0.15) is 5.75 Å². The maximum absolute atomic E-state index is 11.9. The zero-order valence-electron chi connectivity index (χ0n) is 14.4. The average molecular weight is 373 g/mol. The van der Waals surface area contributed by atoms with Crippen LogP contribution in [0.25, 0.3) is 11.4 Å². The lowest BCUT2D eigenvalue weighted by Crippen LogP contribution is -2.15. The van der Waals surface area contributed by atoms with Crippen LogP contribution in [-0.2, 0) is 16.1 Å². The number of carbonyl (C=O) groups excluding carboxylic acids is 1. The van der Waals surface area contributed by atoms with Gasteiger partial charge in [0, 0.05) is 10.6 Å². The largest absolute Gasteiger partial charge is 0.482 e. The Morgan fingerprint density at radius 2 is 2.00 bits per heavy atom. The van der Waals surface area contributed by atoms with Crippen molar-refractivity contribution in [1.82, 2.24) is 10.1 Å². The van der Waals surface area contributed by atoms with Crippen LogP contribution in [0.2, 0.25) is 5.02 Å². The number of carbonyl (C=O) groups is 1. The van der Waals surface area contributed by atoms with Gasteiger partial charge < -0.3 is 14.0 Å². The molecule has 0 N–H and O–H groups in total. The molecular weight excluding hydrogens is 356 g/mol. The van der Waals surface area contributed by atoms with E-state index < -0.39 is 5.97 Å². The summed E-state index contributed by atoms with van der Waals surface area (Å²) in [6.07, 6.45) is 0. The molecule has 0 unspecified atom stereocenters. The van der Waals surface area contributed by atoms with Crippen LogP contribution in [0.3, 0.4) is 0 Å². The third-order valence-electron chi connectivity index (χ3n) is 3.81. The molecule has 2 aromatic carbocycles. The van der Waals surface area contributed by atoms with Crippen molar-refractivity contribution in [3.63, 3.8) is 0 Å². The molecule has 0 fully saturated rings. The summed E-state index contributed by atoms with van der Waals surface area (Å²) in [5, 5.41) is 4.43. The first kappa shape index (κ1) is 17.9. The van der Waals surface area contributed by atoms with Gasteiger partial charge in [-0.2, -0.15) is 4.98 Å². The van der Waals surface area contributed by atoms with Crippen LogP contribution >= 0.6 is 11.6 Å². The summed E-state index contributed by atoms with van der Waals surface area (Å²) in [4.78, 5) is 16.0. The molecule has 1 heterocycles. The van der Waals surface area contributed by atoms with Gasteiger partial charge in [0.05, 0.1) is 0 Å². The molecule has 3 rings (SSSR count). The number of hydrogen-bond acceptors (Lipinski definition) is 6.